The molecule has 2 fully saturated rings. The largest absolute Gasteiger partial charge is 0.378 e. The summed E-state index contributed by atoms with van der Waals surface area (Å²) in [5.74, 6) is 0.586. The van der Waals surface area contributed by atoms with Gasteiger partial charge in [0.25, 0.3) is 0 Å². The van der Waals surface area contributed by atoms with Crippen molar-refractivity contribution >= 4 is 5.91 Å². The van der Waals surface area contributed by atoms with E-state index in [9.17, 15) is 4.79 Å². The highest BCUT2D eigenvalue weighted by molar-refractivity contribution is 5.80. The molecule has 0 aliphatic carbocycles. The zero-order valence-corrected chi connectivity index (χ0v) is 10.8. The third kappa shape index (κ3) is 3.42. The molecule has 0 saturated carbocycles. The van der Waals surface area contributed by atoms with E-state index in [1.54, 1.807) is 0 Å². The molecule has 1 atom stereocenters. The Morgan fingerprint density at radius 1 is 1.35 bits per heavy atom. The predicted molar refractivity (Wildman–Crippen MR) is 66.8 cm³/mol. The van der Waals surface area contributed by atoms with Crippen LogP contribution in [0.25, 0.3) is 0 Å². The summed E-state index contributed by atoms with van der Waals surface area (Å²) in [7, 11) is 0. The second-order valence-corrected chi connectivity index (χ2v) is 5.10. The van der Waals surface area contributed by atoms with E-state index in [0.717, 1.165) is 58.5 Å². The monoisotopic (exact) mass is 240 g/mol. The highest BCUT2D eigenvalue weighted by Crippen LogP contribution is 2.17. The Labute approximate surface area is 104 Å². The molecule has 17 heavy (non-hydrogen) atoms. The number of hydrogen-bond donors (Lipinski definition) is 1. The Hall–Kier alpha value is -0.610. The standard InChI is InChI=1S/C13H24N2O2/c1-2-8-17-12-4-3-6-15(7-5-12)13(16)11-9-14-10-11/h11-12,14H,2-10H2,1H3. The molecule has 0 aromatic heterocycles. The average Bonchev–Trinajstić information content (AvgIpc) is 2.49. The summed E-state index contributed by atoms with van der Waals surface area (Å²) in [6.45, 7) is 6.52. The molecule has 0 bridgehead atoms. The maximum atomic E-state index is 12.1. The second-order valence-electron chi connectivity index (χ2n) is 5.10. The molecule has 0 aromatic carbocycles. The number of hydrogen-bond acceptors (Lipinski definition) is 3. The van der Waals surface area contributed by atoms with E-state index < -0.39 is 0 Å². The molecule has 1 unspecified atom stereocenters. The van der Waals surface area contributed by atoms with Crippen LogP contribution in [0.1, 0.15) is 32.6 Å². The lowest BCUT2D eigenvalue weighted by Gasteiger charge is -2.31. The van der Waals surface area contributed by atoms with Gasteiger partial charge in [0.15, 0.2) is 0 Å². The van der Waals surface area contributed by atoms with Crippen molar-refractivity contribution in [1.82, 2.24) is 10.2 Å². The van der Waals surface area contributed by atoms with Gasteiger partial charge in [-0.3, -0.25) is 4.79 Å². The van der Waals surface area contributed by atoms with Gasteiger partial charge in [0.1, 0.15) is 0 Å². The SMILES string of the molecule is CCCOC1CCCN(C(=O)C2CNC2)CC1. The lowest BCUT2D eigenvalue weighted by atomic mass is 10.0. The number of amides is 1. The van der Waals surface area contributed by atoms with Gasteiger partial charge in [-0.25, -0.2) is 0 Å². The number of likely N-dealkylation sites (tertiary alicyclic amines) is 1. The van der Waals surface area contributed by atoms with Crippen LogP contribution < -0.4 is 5.32 Å². The molecule has 2 heterocycles. The summed E-state index contributed by atoms with van der Waals surface area (Å²) in [6.07, 6.45) is 4.64. The Kier molecular flexibility index (Phi) is 4.80. The molecule has 1 N–H and O–H groups in total. The molecule has 2 saturated heterocycles. The quantitative estimate of drug-likeness (QED) is 0.797. The molecule has 0 aromatic rings. The predicted octanol–water partition coefficient (Wildman–Crippen LogP) is 1.01. The minimum absolute atomic E-state index is 0.239. The third-order valence-electron chi connectivity index (χ3n) is 3.68. The van der Waals surface area contributed by atoms with Crippen molar-refractivity contribution in [2.75, 3.05) is 32.8 Å². The van der Waals surface area contributed by atoms with Crippen LogP contribution in [0.2, 0.25) is 0 Å². The van der Waals surface area contributed by atoms with E-state index in [1.807, 2.05) is 4.90 Å². The van der Waals surface area contributed by atoms with Crippen LogP contribution in [0.3, 0.4) is 0 Å². The molecule has 4 nitrogen and oxygen atoms in total. The van der Waals surface area contributed by atoms with E-state index in [4.69, 9.17) is 4.74 Å². The zero-order valence-electron chi connectivity index (χ0n) is 10.8. The van der Waals surface area contributed by atoms with Crippen LogP contribution in [-0.4, -0.2) is 49.7 Å². The van der Waals surface area contributed by atoms with E-state index in [2.05, 4.69) is 12.2 Å². The second kappa shape index (κ2) is 6.36. The minimum Gasteiger partial charge on any atom is -0.378 e. The molecule has 4 heteroatoms. The normalized spacial score (nSPS) is 26.4. The fraction of sp³-hybridized carbons (Fsp3) is 0.923. The van der Waals surface area contributed by atoms with Crippen molar-refractivity contribution in [3.05, 3.63) is 0 Å². The zero-order chi connectivity index (χ0) is 12.1. The summed E-state index contributed by atoms with van der Waals surface area (Å²) < 4.78 is 5.79. The summed E-state index contributed by atoms with van der Waals surface area (Å²) in [6, 6.07) is 0. The van der Waals surface area contributed by atoms with Gasteiger partial charge in [0.2, 0.25) is 5.91 Å². The Morgan fingerprint density at radius 2 is 2.18 bits per heavy atom. The highest BCUT2D eigenvalue weighted by atomic mass is 16.5. The molecule has 1 amide bonds. The van der Waals surface area contributed by atoms with Crippen LogP contribution in [0.15, 0.2) is 0 Å². The summed E-state index contributed by atoms with van der Waals surface area (Å²) >= 11 is 0. The van der Waals surface area contributed by atoms with Gasteiger partial charge in [-0.2, -0.15) is 0 Å². The first-order valence-corrected chi connectivity index (χ1v) is 6.92. The average molecular weight is 240 g/mol. The Bertz CT molecular complexity index is 254. The van der Waals surface area contributed by atoms with Crippen molar-refractivity contribution in [1.29, 1.82) is 0 Å². The smallest absolute Gasteiger partial charge is 0.228 e. The first kappa shape index (κ1) is 12.8. The Morgan fingerprint density at radius 3 is 2.82 bits per heavy atom. The van der Waals surface area contributed by atoms with E-state index >= 15 is 0 Å². The van der Waals surface area contributed by atoms with Crippen molar-refractivity contribution in [2.45, 2.75) is 38.7 Å². The maximum Gasteiger partial charge on any atom is 0.228 e. The van der Waals surface area contributed by atoms with Gasteiger partial charge < -0.3 is 15.0 Å². The minimum atomic E-state index is 0.239. The van der Waals surface area contributed by atoms with E-state index in [-0.39, 0.29) is 5.92 Å². The van der Waals surface area contributed by atoms with Gasteiger partial charge in [0, 0.05) is 32.8 Å². The summed E-state index contributed by atoms with van der Waals surface area (Å²) in [5.41, 5.74) is 0. The molecule has 0 spiro atoms. The maximum absolute atomic E-state index is 12.1. The number of carbonyl (C=O) groups excluding carboxylic acids is 1. The number of ether oxygens (including phenoxy) is 1. The number of nitrogens with zero attached hydrogens (tertiary/aromatic N) is 1. The number of carbonyl (C=O) groups is 1. The molecule has 0 radical (unpaired) electrons. The summed E-state index contributed by atoms with van der Waals surface area (Å²) in [5, 5.41) is 3.16. The van der Waals surface area contributed by atoms with Crippen molar-refractivity contribution in [3.8, 4) is 0 Å². The van der Waals surface area contributed by atoms with Gasteiger partial charge >= 0.3 is 0 Å². The number of rotatable bonds is 4. The van der Waals surface area contributed by atoms with Crippen LogP contribution >= 0.6 is 0 Å². The Balaban J connectivity index is 1.76. The van der Waals surface area contributed by atoms with E-state index in [0.29, 0.717) is 12.0 Å². The van der Waals surface area contributed by atoms with Gasteiger partial charge in [-0.05, 0) is 25.7 Å². The fourth-order valence-corrected chi connectivity index (χ4v) is 2.46. The van der Waals surface area contributed by atoms with E-state index in [1.165, 1.54) is 0 Å². The first-order chi connectivity index (χ1) is 8.31. The van der Waals surface area contributed by atoms with Gasteiger partial charge in [0.05, 0.1) is 12.0 Å². The highest BCUT2D eigenvalue weighted by Gasteiger charge is 2.30. The molecule has 2 rings (SSSR count). The topological polar surface area (TPSA) is 41.6 Å². The molecule has 98 valence electrons. The fourth-order valence-electron chi connectivity index (χ4n) is 2.46. The molecule has 2 aliphatic heterocycles. The van der Waals surface area contributed by atoms with Crippen LogP contribution in [0.5, 0.6) is 0 Å². The first-order valence-electron chi connectivity index (χ1n) is 6.92. The summed E-state index contributed by atoms with van der Waals surface area (Å²) in [4.78, 5) is 14.1. The molecular weight excluding hydrogens is 216 g/mol. The lowest BCUT2D eigenvalue weighted by Crippen LogP contribution is -2.52. The molecular formula is C13H24N2O2. The lowest BCUT2D eigenvalue weighted by molar-refractivity contribution is -0.137. The van der Waals surface area contributed by atoms with Crippen molar-refractivity contribution in [3.63, 3.8) is 0 Å². The molecule has 2 aliphatic rings. The van der Waals surface area contributed by atoms with Crippen LogP contribution in [-0.2, 0) is 9.53 Å². The number of nitrogens with one attached hydrogen (secondary N) is 1. The third-order valence-corrected chi connectivity index (χ3v) is 3.68. The van der Waals surface area contributed by atoms with Gasteiger partial charge in [-0.1, -0.05) is 6.92 Å². The van der Waals surface area contributed by atoms with Crippen molar-refractivity contribution in [2.24, 2.45) is 5.92 Å². The van der Waals surface area contributed by atoms with Crippen molar-refractivity contribution < 1.29 is 9.53 Å². The van der Waals surface area contributed by atoms with Crippen LogP contribution in [0, 0.1) is 5.92 Å². The van der Waals surface area contributed by atoms with Crippen LogP contribution in [0.4, 0.5) is 0 Å². The van der Waals surface area contributed by atoms with Gasteiger partial charge in [-0.15, -0.1) is 0 Å².